The van der Waals surface area contributed by atoms with Crippen molar-refractivity contribution in [1.29, 1.82) is 0 Å². The molecule has 0 saturated carbocycles. The first-order valence-corrected chi connectivity index (χ1v) is 17.6. The van der Waals surface area contributed by atoms with Crippen LogP contribution in [0.3, 0.4) is 0 Å². The van der Waals surface area contributed by atoms with Gasteiger partial charge in [-0.1, -0.05) is 73.8 Å². The summed E-state index contributed by atoms with van der Waals surface area (Å²) >= 11 is 19.2. The summed E-state index contributed by atoms with van der Waals surface area (Å²) in [5.41, 5.74) is 2.12. The monoisotopic (exact) mass is 608 g/mol. The molecule has 0 bridgehead atoms. The Morgan fingerprint density at radius 2 is 1.79 bits per heavy atom. The predicted octanol–water partition coefficient (Wildman–Crippen LogP) is 8.06. The largest absolute Gasteiger partial charge is 0.415 e. The lowest BCUT2D eigenvalue weighted by atomic mass is 9.75. The van der Waals surface area contributed by atoms with E-state index in [1.54, 1.807) is 6.07 Å². The maximum Gasteiger partial charge on any atom is 0.230 e. The van der Waals surface area contributed by atoms with Crippen LogP contribution >= 0.6 is 34.8 Å². The number of hydrogen-bond acceptors (Lipinski definition) is 3. The lowest BCUT2D eigenvalue weighted by Gasteiger charge is -2.38. The van der Waals surface area contributed by atoms with Gasteiger partial charge in [-0.2, -0.15) is 0 Å². The Morgan fingerprint density at radius 1 is 1.08 bits per heavy atom. The number of hydrogen-bond donors (Lipinski definition) is 0. The highest BCUT2D eigenvalue weighted by atomic mass is 35.5. The molecular weight excluding hydrogens is 571 g/mol. The van der Waals surface area contributed by atoms with Gasteiger partial charge >= 0.3 is 0 Å². The van der Waals surface area contributed by atoms with Crippen molar-refractivity contribution in [2.45, 2.75) is 77.7 Å². The third kappa shape index (κ3) is 6.20. The maximum absolute atomic E-state index is 14.1. The topological polar surface area (TPSA) is 49.9 Å². The zero-order valence-corrected chi connectivity index (χ0v) is 27.0. The Kier molecular flexibility index (Phi) is 8.85. The summed E-state index contributed by atoms with van der Waals surface area (Å²) < 4.78 is 6.44. The molecule has 0 unspecified atom stereocenters. The van der Waals surface area contributed by atoms with Gasteiger partial charge in [-0.15, -0.1) is 0 Å². The maximum atomic E-state index is 14.1. The average molecular weight is 610 g/mol. The van der Waals surface area contributed by atoms with Crippen molar-refractivity contribution >= 4 is 54.9 Å². The molecular formula is C30H39Cl3N2O3Si. The number of rotatable bonds is 7. The van der Waals surface area contributed by atoms with E-state index in [0.29, 0.717) is 54.2 Å². The molecule has 0 aliphatic carbocycles. The molecule has 212 valence electrons. The third-order valence-electron chi connectivity index (χ3n) is 9.04. The van der Waals surface area contributed by atoms with Gasteiger partial charge in [0.1, 0.15) is 0 Å². The first-order chi connectivity index (χ1) is 18.1. The van der Waals surface area contributed by atoms with Crippen LogP contribution in [0.2, 0.25) is 33.2 Å². The van der Waals surface area contributed by atoms with Crippen molar-refractivity contribution in [3.05, 3.63) is 68.2 Å². The second-order valence-electron chi connectivity index (χ2n) is 12.5. The Hall–Kier alpha value is -1.57. The van der Waals surface area contributed by atoms with Crippen LogP contribution in [0.4, 0.5) is 0 Å². The summed E-state index contributed by atoms with van der Waals surface area (Å²) in [6, 6.07) is 11.0. The van der Waals surface area contributed by atoms with E-state index < -0.39 is 13.7 Å². The minimum Gasteiger partial charge on any atom is -0.415 e. The van der Waals surface area contributed by atoms with E-state index in [9.17, 15) is 9.59 Å². The molecule has 2 saturated heterocycles. The molecule has 0 N–H and O–H groups in total. The van der Waals surface area contributed by atoms with Gasteiger partial charge in [0, 0.05) is 41.1 Å². The number of piperidine rings is 1. The highest BCUT2D eigenvalue weighted by Gasteiger charge is 2.55. The Bertz CT molecular complexity index is 1260. The summed E-state index contributed by atoms with van der Waals surface area (Å²) in [4.78, 5) is 31.4. The van der Waals surface area contributed by atoms with E-state index in [0.717, 1.165) is 16.7 Å². The number of amides is 2. The van der Waals surface area contributed by atoms with E-state index in [1.165, 1.54) is 0 Å². The Labute approximate surface area is 248 Å². The van der Waals surface area contributed by atoms with E-state index >= 15 is 0 Å². The molecule has 4 rings (SSSR count). The van der Waals surface area contributed by atoms with Gasteiger partial charge in [0.15, 0.2) is 8.32 Å². The van der Waals surface area contributed by atoms with E-state index in [2.05, 4.69) is 33.9 Å². The van der Waals surface area contributed by atoms with E-state index in [1.807, 2.05) is 47.1 Å². The Morgan fingerprint density at radius 3 is 2.44 bits per heavy atom. The number of halogens is 3. The molecule has 2 atom stereocenters. The third-order valence-corrected chi connectivity index (χ3v) is 14.6. The van der Waals surface area contributed by atoms with Gasteiger partial charge in [0.05, 0.1) is 18.1 Å². The van der Waals surface area contributed by atoms with Crippen LogP contribution in [0, 0.1) is 12.3 Å². The van der Waals surface area contributed by atoms with Gasteiger partial charge in [-0.25, -0.2) is 0 Å². The zero-order chi connectivity index (χ0) is 28.8. The minimum absolute atomic E-state index is 0.00528. The number of carbonyl (C=O) groups is 2. The molecule has 0 aromatic heterocycles. The van der Waals surface area contributed by atoms with E-state index in [4.69, 9.17) is 39.2 Å². The lowest BCUT2D eigenvalue weighted by molar-refractivity contribution is -0.149. The smallest absolute Gasteiger partial charge is 0.230 e. The second-order valence-corrected chi connectivity index (χ2v) is 18.6. The molecule has 2 aliphatic heterocycles. The Balaban J connectivity index is 1.56. The van der Waals surface area contributed by atoms with Crippen LogP contribution in [0.25, 0.3) is 0 Å². The van der Waals surface area contributed by atoms with Crippen molar-refractivity contribution < 1.29 is 14.0 Å². The number of benzene rings is 2. The van der Waals surface area contributed by atoms with Crippen molar-refractivity contribution in [2.75, 3.05) is 19.7 Å². The van der Waals surface area contributed by atoms with Gasteiger partial charge in [0.2, 0.25) is 11.8 Å². The van der Waals surface area contributed by atoms with Crippen LogP contribution in [0.1, 0.15) is 62.8 Å². The predicted molar refractivity (Wildman–Crippen MR) is 162 cm³/mol. The number of nitrogens with zero attached hydrogens (tertiary/aromatic N) is 2. The van der Waals surface area contributed by atoms with Gasteiger partial charge in [-0.3, -0.25) is 9.59 Å². The zero-order valence-electron chi connectivity index (χ0n) is 23.7. The van der Waals surface area contributed by atoms with Gasteiger partial charge < -0.3 is 14.2 Å². The van der Waals surface area contributed by atoms with Crippen LogP contribution in [0.5, 0.6) is 0 Å². The molecule has 1 spiro atoms. The van der Waals surface area contributed by atoms with Crippen molar-refractivity contribution in [3.8, 4) is 0 Å². The lowest BCUT2D eigenvalue weighted by Crippen LogP contribution is -2.48. The first kappa shape index (κ1) is 30.4. The highest BCUT2D eigenvalue weighted by molar-refractivity contribution is 6.74. The molecule has 2 fully saturated rings. The fraction of sp³-hybridized carbons (Fsp3) is 0.533. The van der Waals surface area contributed by atoms with Crippen LogP contribution < -0.4 is 0 Å². The average Bonchev–Trinajstić information content (AvgIpc) is 3.09. The summed E-state index contributed by atoms with van der Waals surface area (Å²) in [7, 11) is -1.98. The molecule has 5 nitrogen and oxygen atoms in total. The van der Waals surface area contributed by atoms with Crippen LogP contribution in [0.15, 0.2) is 36.4 Å². The van der Waals surface area contributed by atoms with Crippen LogP contribution in [-0.2, 0) is 20.6 Å². The standard InChI is InChI=1S/C30H39Cl3N2O3Si/c1-20-21(8-7-9-24(20)32)19-34-13-12-30(18-27(34)36)17-26(23-11-10-22(31)16-25(23)33)35(28(30)37)14-15-38-39(5,6)29(2,3)4/h7-11,16,26H,12-15,17-19H2,1-6H3/t26-,30-/m1/s1. The van der Waals surface area contributed by atoms with Gasteiger partial charge in [-0.05, 0) is 72.8 Å². The van der Waals surface area contributed by atoms with E-state index in [-0.39, 0.29) is 29.3 Å². The summed E-state index contributed by atoms with van der Waals surface area (Å²) in [6.07, 6.45) is 1.34. The molecule has 9 heteroatoms. The molecule has 2 aliphatic rings. The summed E-state index contributed by atoms with van der Waals surface area (Å²) in [6.45, 7) is 14.9. The molecule has 0 radical (unpaired) electrons. The normalized spacial score (nSPS) is 22.3. The molecule has 2 aromatic carbocycles. The fourth-order valence-electron chi connectivity index (χ4n) is 5.45. The SMILES string of the molecule is Cc1c(Cl)cccc1CN1CC[C@]2(CC1=O)C[C@H](c1ccc(Cl)cc1Cl)N(CCO[Si](C)(C)C(C)(C)C)C2=O. The molecule has 2 amide bonds. The quantitative estimate of drug-likeness (QED) is 0.298. The van der Waals surface area contributed by atoms with Crippen molar-refractivity contribution in [3.63, 3.8) is 0 Å². The van der Waals surface area contributed by atoms with Crippen molar-refractivity contribution in [2.24, 2.45) is 5.41 Å². The fourth-order valence-corrected chi connectivity index (χ4v) is 7.22. The molecule has 2 heterocycles. The van der Waals surface area contributed by atoms with Gasteiger partial charge in [0.25, 0.3) is 0 Å². The van der Waals surface area contributed by atoms with Crippen molar-refractivity contribution in [1.82, 2.24) is 9.80 Å². The summed E-state index contributed by atoms with van der Waals surface area (Å²) in [5, 5.41) is 1.85. The minimum atomic E-state index is -1.98. The highest BCUT2D eigenvalue weighted by Crippen LogP contribution is 2.51. The van der Waals surface area contributed by atoms with Crippen LogP contribution in [-0.4, -0.2) is 49.6 Å². The second kappa shape index (κ2) is 11.4. The number of likely N-dealkylation sites (tertiary alicyclic amines) is 2. The summed E-state index contributed by atoms with van der Waals surface area (Å²) in [5.74, 6) is 0.0126. The number of carbonyl (C=O) groups excluding carboxylic acids is 2. The molecule has 2 aromatic rings. The molecule has 39 heavy (non-hydrogen) atoms. The first-order valence-electron chi connectivity index (χ1n) is 13.6.